The van der Waals surface area contributed by atoms with Crippen LogP contribution in [0.5, 0.6) is 0 Å². The number of thiazole rings is 1. The molecule has 0 bridgehead atoms. The molecule has 3 aromatic rings. The van der Waals surface area contributed by atoms with Crippen LogP contribution in [0.2, 0.25) is 0 Å². The molecule has 5 rings (SSSR count). The number of hydrogen-bond donors (Lipinski definition) is 2. The first-order chi connectivity index (χ1) is 20.1. The topological polar surface area (TPSA) is 93.2 Å². The van der Waals surface area contributed by atoms with Gasteiger partial charge in [-0.1, -0.05) is 23.5 Å². The lowest BCUT2D eigenvalue weighted by Gasteiger charge is -2.21. The molecule has 0 saturated carbocycles. The number of carbonyl (C=O) groups excluding carboxylic acids is 2. The van der Waals surface area contributed by atoms with Gasteiger partial charge in [0.05, 0.1) is 15.9 Å². The van der Waals surface area contributed by atoms with Gasteiger partial charge in [0, 0.05) is 37.1 Å². The highest BCUT2D eigenvalue weighted by Crippen LogP contribution is 2.37. The van der Waals surface area contributed by atoms with Gasteiger partial charge in [-0.25, -0.2) is 9.78 Å². The number of fused-ring (bicyclic) bond motifs is 1. The van der Waals surface area contributed by atoms with Crippen LogP contribution in [0.4, 0.5) is 9.93 Å². The average Bonchev–Trinajstić information content (AvgIpc) is 3.23. The van der Waals surface area contributed by atoms with Gasteiger partial charge in [0.15, 0.2) is 10.9 Å². The van der Waals surface area contributed by atoms with E-state index in [1.807, 2.05) is 55.5 Å². The van der Waals surface area contributed by atoms with Gasteiger partial charge in [0.2, 0.25) is 0 Å². The summed E-state index contributed by atoms with van der Waals surface area (Å²) in [6.07, 6.45) is 18.2. The summed E-state index contributed by atoms with van der Waals surface area (Å²) in [5.74, 6) is 0.697. The van der Waals surface area contributed by atoms with E-state index in [2.05, 4.69) is 27.4 Å². The van der Waals surface area contributed by atoms with Gasteiger partial charge in [0.1, 0.15) is 0 Å². The predicted molar refractivity (Wildman–Crippen MR) is 166 cm³/mol. The number of anilines is 1. The third kappa shape index (κ3) is 7.55. The van der Waals surface area contributed by atoms with E-state index in [-0.39, 0.29) is 11.8 Å². The maximum Gasteiger partial charge on any atom is 0.321 e. The minimum absolute atomic E-state index is 0.0436. The van der Waals surface area contributed by atoms with Crippen molar-refractivity contribution in [3.63, 3.8) is 0 Å². The van der Waals surface area contributed by atoms with Crippen LogP contribution in [-0.4, -0.2) is 41.5 Å². The van der Waals surface area contributed by atoms with Crippen LogP contribution in [0.3, 0.4) is 0 Å². The molecule has 0 atom stereocenters. The zero-order chi connectivity index (χ0) is 28.4. The molecule has 1 aromatic carbocycles. The fraction of sp³-hybridized carbons (Fsp3) is 0.303. The van der Waals surface area contributed by atoms with Gasteiger partial charge in [-0.3, -0.25) is 15.1 Å². The average molecular weight is 567 g/mol. The molecule has 41 heavy (non-hydrogen) atoms. The van der Waals surface area contributed by atoms with Crippen LogP contribution in [0.25, 0.3) is 27.0 Å². The Hall–Kier alpha value is -4.10. The Balaban J connectivity index is 1.38. The summed E-state index contributed by atoms with van der Waals surface area (Å²) in [5.41, 5.74) is 7.90. The van der Waals surface area contributed by atoms with Crippen molar-refractivity contribution >= 4 is 44.1 Å². The zero-order valence-electron chi connectivity index (χ0n) is 23.2. The lowest BCUT2D eigenvalue weighted by Crippen LogP contribution is -2.28. The molecule has 0 spiro atoms. The molecular formula is C33H34N4O3S. The molecular weight excluding hydrogens is 532 g/mol. The van der Waals surface area contributed by atoms with E-state index in [9.17, 15) is 9.59 Å². The minimum Gasteiger partial charge on any atom is -0.381 e. The van der Waals surface area contributed by atoms with Crippen LogP contribution < -0.4 is 10.6 Å². The van der Waals surface area contributed by atoms with E-state index in [4.69, 9.17) is 9.72 Å². The number of hydrogen-bond acceptors (Lipinski definition) is 6. The number of aromatic nitrogens is 2. The molecule has 0 radical (unpaired) electrons. The lowest BCUT2D eigenvalue weighted by molar-refractivity contribution is -0.111. The monoisotopic (exact) mass is 566 g/mol. The van der Waals surface area contributed by atoms with E-state index < -0.39 is 0 Å². The van der Waals surface area contributed by atoms with Crippen molar-refractivity contribution in [2.75, 3.05) is 25.1 Å². The maximum absolute atomic E-state index is 13.1. The Morgan fingerprint density at radius 2 is 2.10 bits per heavy atom. The van der Waals surface area contributed by atoms with E-state index in [1.165, 1.54) is 17.8 Å². The third-order valence-corrected chi connectivity index (χ3v) is 8.13. The fourth-order valence-corrected chi connectivity index (χ4v) is 5.93. The molecule has 0 unspecified atom stereocenters. The van der Waals surface area contributed by atoms with E-state index in [0.717, 1.165) is 77.4 Å². The quantitative estimate of drug-likeness (QED) is 0.153. The predicted octanol–water partition coefficient (Wildman–Crippen LogP) is 7.26. The van der Waals surface area contributed by atoms with Gasteiger partial charge in [0.25, 0.3) is 0 Å². The third-order valence-electron chi connectivity index (χ3n) is 7.11. The van der Waals surface area contributed by atoms with Crippen molar-refractivity contribution in [2.24, 2.45) is 5.92 Å². The summed E-state index contributed by atoms with van der Waals surface area (Å²) in [5, 5.41) is 6.06. The molecule has 1 fully saturated rings. The maximum atomic E-state index is 13.1. The SMILES string of the molecule is CCNC(=O)Nc1nc2cc(C3=CC=C=CC(C(=O)C=CCCCC4CCOCC4)=C3)cc(-c3ccccn3)c2s1. The zero-order valence-corrected chi connectivity index (χ0v) is 24.0. The Labute approximate surface area is 244 Å². The van der Waals surface area contributed by atoms with Gasteiger partial charge >= 0.3 is 6.03 Å². The highest BCUT2D eigenvalue weighted by atomic mass is 32.1. The molecule has 210 valence electrons. The van der Waals surface area contributed by atoms with Crippen LogP contribution in [0.15, 0.2) is 84.3 Å². The van der Waals surface area contributed by atoms with Gasteiger partial charge in [-0.15, -0.1) is 5.73 Å². The second kappa shape index (κ2) is 14.0. The standard InChI is InChI=1S/C33H34N4O3S/c1-2-34-32(39)37-33-36-29-22-26(21-27(31(29)41-33)28-13-8-9-17-35-28)24-11-6-7-12-25(20-24)30(38)14-5-3-4-10-23-15-18-40-19-16-23/h5-6,8-9,11-14,17,20-23H,2-4,10,15-16,18-19H2,1H3,(H2,34,36,37,39). The van der Waals surface area contributed by atoms with Gasteiger partial charge in [-0.2, -0.15) is 0 Å². The molecule has 2 N–H and O–H groups in total. The number of carbonyl (C=O) groups is 2. The number of nitrogens with zero attached hydrogens (tertiary/aromatic N) is 2. The molecule has 2 aromatic heterocycles. The second-order valence-electron chi connectivity index (χ2n) is 10.0. The molecule has 1 saturated heterocycles. The Bertz CT molecular complexity index is 1560. The number of amides is 2. The number of benzene rings is 1. The number of nitrogens with one attached hydrogen (secondary N) is 2. The number of ketones is 1. The summed E-state index contributed by atoms with van der Waals surface area (Å²) in [7, 11) is 0. The molecule has 1 aliphatic carbocycles. The summed E-state index contributed by atoms with van der Waals surface area (Å²) in [4.78, 5) is 34.5. The summed E-state index contributed by atoms with van der Waals surface area (Å²) >= 11 is 1.41. The largest absolute Gasteiger partial charge is 0.381 e. The first-order valence-corrected chi connectivity index (χ1v) is 15.0. The van der Waals surface area contributed by atoms with Gasteiger partial charge in [-0.05, 0) is 111 Å². The lowest BCUT2D eigenvalue weighted by atomic mass is 9.94. The van der Waals surface area contributed by atoms with E-state index in [0.29, 0.717) is 17.2 Å². The summed E-state index contributed by atoms with van der Waals surface area (Å²) < 4.78 is 6.37. The Morgan fingerprint density at radius 3 is 2.90 bits per heavy atom. The molecule has 8 heteroatoms. The number of pyridine rings is 1. The number of rotatable bonds is 10. The highest BCUT2D eigenvalue weighted by molar-refractivity contribution is 7.22. The van der Waals surface area contributed by atoms with E-state index >= 15 is 0 Å². The molecule has 7 nitrogen and oxygen atoms in total. The summed E-state index contributed by atoms with van der Waals surface area (Å²) in [6, 6.07) is 9.53. The molecule has 2 aliphatic rings. The number of ether oxygens (including phenoxy) is 1. The van der Waals surface area contributed by atoms with Crippen molar-refractivity contribution in [3.05, 3.63) is 89.9 Å². The van der Waals surface area contributed by atoms with Crippen molar-refractivity contribution in [3.8, 4) is 11.3 Å². The first kappa shape index (κ1) is 28.4. The molecule has 2 amide bonds. The van der Waals surface area contributed by atoms with Crippen LogP contribution in [0.1, 0.15) is 44.6 Å². The normalized spacial score (nSPS) is 15.5. The molecule has 1 aliphatic heterocycles. The van der Waals surface area contributed by atoms with E-state index in [1.54, 1.807) is 18.3 Å². The Kier molecular flexibility index (Phi) is 9.70. The van der Waals surface area contributed by atoms with Crippen LogP contribution in [0, 0.1) is 5.92 Å². The smallest absolute Gasteiger partial charge is 0.321 e. The van der Waals surface area contributed by atoms with Crippen molar-refractivity contribution in [1.29, 1.82) is 0 Å². The number of unbranched alkanes of at least 4 members (excludes halogenated alkanes) is 1. The number of urea groups is 1. The van der Waals surface area contributed by atoms with Gasteiger partial charge < -0.3 is 10.1 Å². The van der Waals surface area contributed by atoms with Crippen molar-refractivity contribution in [1.82, 2.24) is 15.3 Å². The fourth-order valence-electron chi connectivity index (χ4n) is 4.97. The van der Waals surface area contributed by atoms with Crippen LogP contribution in [-0.2, 0) is 9.53 Å². The van der Waals surface area contributed by atoms with Crippen LogP contribution >= 0.6 is 11.3 Å². The highest BCUT2D eigenvalue weighted by Gasteiger charge is 2.17. The second-order valence-corrected chi connectivity index (χ2v) is 11.0. The minimum atomic E-state index is -0.295. The molecule has 3 heterocycles. The first-order valence-electron chi connectivity index (χ1n) is 14.1. The summed E-state index contributed by atoms with van der Waals surface area (Å²) in [6.45, 7) is 4.13. The Morgan fingerprint density at radius 1 is 1.22 bits per heavy atom. The van der Waals surface area contributed by atoms with Crippen molar-refractivity contribution < 1.29 is 14.3 Å². The number of allylic oxidation sites excluding steroid dienone is 7. The van der Waals surface area contributed by atoms with Crippen molar-refractivity contribution in [2.45, 2.75) is 39.0 Å².